The van der Waals surface area contributed by atoms with E-state index in [1.54, 1.807) is 11.8 Å². The van der Waals surface area contributed by atoms with Gasteiger partial charge in [-0.25, -0.2) is 5.43 Å². The number of phenols is 2. The molecular weight excluding hydrogens is 298 g/mol. The third-order valence-corrected chi connectivity index (χ3v) is 3.73. The number of phenolic OH excluding ortho intramolecular Hbond substituents is 2. The van der Waals surface area contributed by atoms with E-state index in [2.05, 4.69) is 10.5 Å². The molecule has 1 saturated heterocycles. The number of carbonyl (C=O) groups is 2. The molecule has 1 aromatic rings. The quantitative estimate of drug-likeness (QED) is 0.575. The van der Waals surface area contributed by atoms with Gasteiger partial charge in [0.15, 0.2) is 0 Å². The monoisotopic (exact) mass is 319 g/mol. The average Bonchev–Trinajstić information content (AvgIpc) is 2.70. The van der Waals surface area contributed by atoms with Crippen molar-refractivity contribution < 1.29 is 19.8 Å². The molecular formula is C16H21N3O4. The van der Waals surface area contributed by atoms with E-state index >= 15 is 0 Å². The summed E-state index contributed by atoms with van der Waals surface area (Å²) in [5.41, 5.74) is 3.20. The van der Waals surface area contributed by atoms with E-state index in [1.807, 2.05) is 0 Å². The Hall–Kier alpha value is -2.57. The van der Waals surface area contributed by atoms with Gasteiger partial charge in [-0.15, -0.1) is 0 Å². The lowest BCUT2D eigenvalue weighted by molar-refractivity contribution is -0.135. The maximum absolute atomic E-state index is 11.9. The first-order chi connectivity index (χ1) is 11.0. The zero-order valence-electron chi connectivity index (χ0n) is 13.1. The number of amides is 2. The lowest BCUT2D eigenvalue weighted by Gasteiger charge is -2.19. The number of aromatic hydroxyl groups is 2. The fourth-order valence-corrected chi connectivity index (χ4v) is 2.45. The molecule has 0 aromatic heterocycles. The average molecular weight is 319 g/mol. The Bertz CT molecular complexity index is 628. The summed E-state index contributed by atoms with van der Waals surface area (Å²) in [6.07, 6.45) is 3.26. The van der Waals surface area contributed by atoms with Crippen molar-refractivity contribution in [1.82, 2.24) is 10.3 Å². The van der Waals surface area contributed by atoms with Crippen LogP contribution in [0, 0.1) is 0 Å². The molecule has 1 aromatic carbocycles. The third kappa shape index (κ3) is 4.70. The number of carbonyl (C=O) groups excluding carboxylic acids is 2. The standard InChI is InChI=1S/C16H21N3O4/c1-11(13-7-6-12(20)9-14(13)21)17-18-15(22)10-19-8-4-2-3-5-16(19)23/h6-7,9,20-21H,2-5,8,10H2,1H3,(H,18,22)/b17-11+. The molecule has 3 N–H and O–H groups in total. The van der Waals surface area contributed by atoms with E-state index in [0.717, 1.165) is 19.3 Å². The molecule has 1 fully saturated rings. The van der Waals surface area contributed by atoms with Gasteiger partial charge in [-0.3, -0.25) is 9.59 Å². The van der Waals surface area contributed by atoms with Crippen LogP contribution in [0.5, 0.6) is 11.5 Å². The number of hydrazone groups is 1. The second-order valence-corrected chi connectivity index (χ2v) is 5.56. The highest BCUT2D eigenvalue weighted by molar-refractivity contribution is 6.01. The van der Waals surface area contributed by atoms with E-state index in [1.165, 1.54) is 18.2 Å². The minimum absolute atomic E-state index is 0.00506. The molecule has 7 nitrogen and oxygen atoms in total. The van der Waals surface area contributed by atoms with Gasteiger partial charge in [0.25, 0.3) is 5.91 Å². The van der Waals surface area contributed by atoms with Gasteiger partial charge in [-0.1, -0.05) is 6.42 Å². The van der Waals surface area contributed by atoms with Gasteiger partial charge in [-0.2, -0.15) is 5.10 Å². The summed E-state index contributed by atoms with van der Waals surface area (Å²) in [5.74, 6) is -0.557. The van der Waals surface area contributed by atoms with Crippen LogP contribution in [-0.4, -0.2) is 45.7 Å². The largest absolute Gasteiger partial charge is 0.508 e. The Labute approximate surface area is 134 Å². The van der Waals surface area contributed by atoms with Gasteiger partial charge >= 0.3 is 0 Å². The molecule has 1 heterocycles. The lowest BCUT2D eigenvalue weighted by atomic mass is 10.1. The summed E-state index contributed by atoms with van der Waals surface area (Å²) in [5, 5.41) is 22.9. The molecule has 1 aliphatic rings. The minimum atomic E-state index is -0.377. The number of nitrogens with one attached hydrogen (secondary N) is 1. The molecule has 1 aliphatic heterocycles. The fraction of sp³-hybridized carbons (Fsp3) is 0.438. The first-order valence-corrected chi connectivity index (χ1v) is 7.60. The Morgan fingerprint density at radius 3 is 2.83 bits per heavy atom. The number of rotatable bonds is 4. The maximum atomic E-state index is 11.9. The predicted molar refractivity (Wildman–Crippen MR) is 85.2 cm³/mol. The molecule has 7 heteroatoms. The van der Waals surface area contributed by atoms with Crippen molar-refractivity contribution in [3.63, 3.8) is 0 Å². The van der Waals surface area contributed by atoms with E-state index in [0.29, 0.717) is 24.2 Å². The summed E-state index contributed by atoms with van der Waals surface area (Å²) in [4.78, 5) is 25.3. The summed E-state index contributed by atoms with van der Waals surface area (Å²) in [7, 11) is 0. The van der Waals surface area contributed by atoms with Gasteiger partial charge in [0.2, 0.25) is 5.91 Å². The number of hydrogen-bond acceptors (Lipinski definition) is 5. The zero-order chi connectivity index (χ0) is 16.8. The summed E-state index contributed by atoms with van der Waals surface area (Å²) in [6, 6.07) is 4.13. The van der Waals surface area contributed by atoms with Gasteiger partial charge in [0, 0.05) is 24.6 Å². The van der Waals surface area contributed by atoms with Gasteiger partial charge < -0.3 is 15.1 Å². The Morgan fingerprint density at radius 1 is 1.30 bits per heavy atom. The number of likely N-dealkylation sites (tertiary alicyclic amines) is 1. The summed E-state index contributed by atoms with van der Waals surface area (Å²) >= 11 is 0. The van der Waals surface area contributed by atoms with Crippen molar-refractivity contribution >= 4 is 17.5 Å². The first kappa shape index (κ1) is 16.8. The second kappa shape index (κ2) is 7.62. The first-order valence-electron chi connectivity index (χ1n) is 7.60. The van der Waals surface area contributed by atoms with Crippen molar-refractivity contribution in [2.24, 2.45) is 5.10 Å². The van der Waals surface area contributed by atoms with Crippen LogP contribution in [0.15, 0.2) is 23.3 Å². The molecule has 124 valence electrons. The van der Waals surface area contributed by atoms with Gasteiger partial charge in [0.1, 0.15) is 18.0 Å². The van der Waals surface area contributed by atoms with E-state index < -0.39 is 0 Å². The van der Waals surface area contributed by atoms with Crippen LogP contribution in [0.4, 0.5) is 0 Å². The maximum Gasteiger partial charge on any atom is 0.259 e. The third-order valence-electron chi connectivity index (χ3n) is 3.73. The molecule has 0 saturated carbocycles. The van der Waals surface area contributed by atoms with Crippen LogP contribution in [0.1, 0.15) is 38.2 Å². The molecule has 0 aliphatic carbocycles. The van der Waals surface area contributed by atoms with Crippen molar-refractivity contribution in [3.8, 4) is 11.5 Å². The molecule has 0 unspecified atom stereocenters. The number of benzene rings is 1. The van der Waals surface area contributed by atoms with Gasteiger partial charge in [0.05, 0.1) is 5.71 Å². The van der Waals surface area contributed by atoms with E-state index in [4.69, 9.17) is 0 Å². The van der Waals surface area contributed by atoms with Crippen molar-refractivity contribution in [3.05, 3.63) is 23.8 Å². The van der Waals surface area contributed by atoms with Crippen LogP contribution in [0.3, 0.4) is 0 Å². The molecule has 0 atom stereocenters. The smallest absolute Gasteiger partial charge is 0.259 e. The van der Waals surface area contributed by atoms with Crippen LogP contribution in [0.25, 0.3) is 0 Å². The Kier molecular flexibility index (Phi) is 5.56. The molecule has 0 spiro atoms. The fourth-order valence-electron chi connectivity index (χ4n) is 2.45. The van der Waals surface area contributed by atoms with Gasteiger partial charge in [-0.05, 0) is 31.9 Å². The number of nitrogens with zero attached hydrogens (tertiary/aromatic N) is 2. The molecule has 2 rings (SSSR count). The van der Waals surface area contributed by atoms with Crippen molar-refractivity contribution in [2.75, 3.05) is 13.1 Å². The highest BCUT2D eigenvalue weighted by Crippen LogP contribution is 2.22. The zero-order valence-corrected chi connectivity index (χ0v) is 13.1. The minimum Gasteiger partial charge on any atom is -0.508 e. The number of hydrogen-bond donors (Lipinski definition) is 3. The SMILES string of the molecule is C/C(=N\NC(=O)CN1CCCCCC1=O)c1ccc(O)cc1O. The highest BCUT2D eigenvalue weighted by atomic mass is 16.3. The molecule has 0 radical (unpaired) electrons. The van der Waals surface area contributed by atoms with Crippen LogP contribution in [0.2, 0.25) is 0 Å². The van der Waals surface area contributed by atoms with E-state index in [-0.39, 0.29) is 29.9 Å². The second-order valence-electron chi connectivity index (χ2n) is 5.56. The molecule has 2 amide bonds. The van der Waals surface area contributed by atoms with Crippen molar-refractivity contribution in [2.45, 2.75) is 32.6 Å². The normalized spacial score (nSPS) is 16.1. The molecule has 23 heavy (non-hydrogen) atoms. The van der Waals surface area contributed by atoms with Crippen LogP contribution in [-0.2, 0) is 9.59 Å². The highest BCUT2D eigenvalue weighted by Gasteiger charge is 2.19. The summed E-state index contributed by atoms with van der Waals surface area (Å²) < 4.78 is 0. The van der Waals surface area contributed by atoms with Crippen LogP contribution >= 0.6 is 0 Å². The van der Waals surface area contributed by atoms with Crippen LogP contribution < -0.4 is 5.43 Å². The lowest BCUT2D eigenvalue weighted by Crippen LogP contribution is -2.39. The van der Waals surface area contributed by atoms with E-state index in [9.17, 15) is 19.8 Å². The predicted octanol–water partition coefficient (Wildman–Crippen LogP) is 1.34. The topological polar surface area (TPSA) is 102 Å². The Balaban J connectivity index is 1.95. The summed E-state index contributed by atoms with van der Waals surface area (Å²) in [6.45, 7) is 2.20. The van der Waals surface area contributed by atoms with Crippen molar-refractivity contribution in [1.29, 1.82) is 0 Å². The molecule has 0 bridgehead atoms. The Morgan fingerprint density at radius 2 is 2.09 bits per heavy atom.